The maximum absolute atomic E-state index is 13.8. The van der Waals surface area contributed by atoms with Gasteiger partial charge >= 0.3 is 11.9 Å². The maximum atomic E-state index is 13.8. The first-order valence-electron chi connectivity index (χ1n) is 12.0. The lowest BCUT2D eigenvalue weighted by Gasteiger charge is -2.32. The van der Waals surface area contributed by atoms with E-state index >= 15 is 0 Å². The van der Waals surface area contributed by atoms with Crippen LogP contribution in [0.25, 0.3) is 33.4 Å². The Balaban J connectivity index is 1.64. The predicted molar refractivity (Wildman–Crippen MR) is 133 cm³/mol. The van der Waals surface area contributed by atoms with Gasteiger partial charge in [0.05, 0.1) is 29.0 Å². The van der Waals surface area contributed by atoms with E-state index in [4.69, 9.17) is 14.5 Å². The summed E-state index contributed by atoms with van der Waals surface area (Å²) in [6.45, 7) is 2.73. The van der Waals surface area contributed by atoms with E-state index in [1.165, 1.54) is 0 Å². The number of aliphatic hydroxyl groups is 1. The van der Waals surface area contributed by atoms with E-state index in [-0.39, 0.29) is 30.7 Å². The molecule has 9 heteroatoms. The van der Waals surface area contributed by atoms with E-state index in [1.807, 2.05) is 36.4 Å². The first-order valence-corrected chi connectivity index (χ1v) is 12.0. The van der Waals surface area contributed by atoms with Gasteiger partial charge in [-0.3, -0.25) is 14.6 Å². The molecule has 0 saturated heterocycles. The number of pyridine rings is 3. The number of para-hydroxylation sites is 1. The third kappa shape index (κ3) is 3.38. The summed E-state index contributed by atoms with van der Waals surface area (Å²) in [6.07, 6.45) is 1.85. The highest BCUT2D eigenvalue weighted by molar-refractivity contribution is 5.99. The van der Waals surface area contributed by atoms with Crippen molar-refractivity contribution in [1.29, 1.82) is 0 Å². The normalized spacial score (nSPS) is 20.0. The van der Waals surface area contributed by atoms with Gasteiger partial charge in [0.2, 0.25) is 6.10 Å². The molecule has 3 aromatic heterocycles. The van der Waals surface area contributed by atoms with Gasteiger partial charge in [0.1, 0.15) is 12.2 Å². The Bertz CT molecular complexity index is 1660. The standard InChI is InChI=1S/C28H23N3O6/c1-3-28(35)20-12-22-24-18(13-31(22)26(33)19(20)14-36-27(34)25(28)37-15(2)32)23(16-8-10-29-11-9-16)17-6-4-5-7-21(17)30-24/h4-12,25,35H,3,13-14H2,1-2H3/t25-,28+/m1/s1. The number of nitrogens with zero attached hydrogens (tertiary/aromatic N) is 3. The van der Waals surface area contributed by atoms with Crippen molar-refractivity contribution in [3.8, 4) is 22.5 Å². The SMILES string of the molecule is CC[C@]1(O)c2cc3n(c(=O)c2COC(=O)[C@H]1OC(C)=O)Cc1c-3nc2ccccc2c1-c1ccncc1. The molecule has 2 aliphatic rings. The Morgan fingerprint density at radius 3 is 2.68 bits per heavy atom. The van der Waals surface area contributed by atoms with Crippen LogP contribution >= 0.6 is 0 Å². The molecule has 1 aromatic carbocycles. The Hall–Kier alpha value is -4.37. The molecular weight excluding hydrogens is 474 g/mol. The van der Waals surface area contributed by atoms with Gasteiger partial charge < -0.3 is 19.1 Å². The van der Waals surface area contributed by atoms with Crippen molar-refractivity contribution in [3.63, 3.8) is 0 Å². The van der Waals surface area contributed by atoms with Crippen LogP contribution in [0.4, 0.5) is 0 Å². The zero-order chi connectivity index (χ0) is 25.9. The zero-order valence-corrected chi connectivity index (χ0v) is 20.2. The van der Waals surface area contributed by atoms with Crippen molar-refractivity contribution in [2.24, 2.45) is 0 Å². The minimum Gasteiger partial charge on any atom is -0.458 e. The molecule has 0 fully saturated rings. The quantitative estimate of drug-likeness (QED) is 0.378. The summed E-state index contributed by atoms with van der Waals surface area (Å²) in [5, 5.41) is 12.7. The molecule has 9 nitrogen and oxygen atoms in total. The third-order valence-corrected chi connectivity index (χ3v) is 7.22. The number of carbonyl (C=O) groups is 2. The lowest BCUT2D eigenvalue weighted by molar-refractivity contribution is -0.186. The number of hydrogen-bond donors (Lipinski definition) is 1. The molecule has 0 spiro atoms. The van der Waals surface area contributed by atoms with E-state index < -0.39 is 29.2 Å². The highest BCUT2D eigenvalue weighted by atomic mass is 16.6. The number of esters is 2. The van der Waals surface area contributed by atoms with Crippen LogP contribution in [0.5, 0.6) is 0 Å². The summed E-state index contributed by atoms with van der Waals surface area (Å²) < 4.78 is 12.1. The Labute approximate surface area is 211 Å². The van der Waals surface area contributed by atoms with E-state index in [9.17, 15) is 19.5 Å². The van der Waals surface area contributed by atoms with Crippen LogP contribution in [-0.4, -0.2) is 37.7 Å². The van der Waals surface area contributed by atoms with Gasteiger partial charge in [0.25, 0.3) is 5.56 Å². The van der Waals surface area contributed by atoms with Crippen molar-refractivity contribution < 1.29 is 24.2 Å². The lowest BCUT2D eigenvalue weighted by atomic mass is 9.83. The summed E-state index contributed by atoms with van der Waals surface area (Å²) in [5.74, 6) is -1.64. The van der Waals surface area contributed by atoms with E-state index in [1.54, 1.807) is 30.0 Å². The highest BCUT2D eigenvalue weighted by Crippen LogP contribution is 2.43. The number of ether oxygens (including phenoxy) is 2. The van der Waals surface area contributed by atoms with Crippen molar-refractivity contribution in [2.45, 2.75) is 45.1 Å². The second-order valence-corrected chi connectivity index (χ2v) is 9.26. The molecule has 2 atom stereocenters. The summed E-state index contributed by atoms with van der Waals surface area (Å²) >= 11 is 0. The molecule has 4 aromatic rings. The monoisotopic (exact) mass is 497 g/mol. The number of fused-ring (bicyclic) bond motifs is 5. The van der Waals surface area contributed by atoms with E-state index in [2.05, 4.69) is 4.98 Å². The van der Waals surface area contributed by atoms with Gasteiger partial charge in [-0.25, -0.2) is 9.78 Å². The van der Waals surface area contributed by atoms with Gasteiger partial charge in [-0.1, -0.05) is 25.1 Å². The molecular formula is C28H23N3O6. The van der Waals surface area contributed by atoms with Gasteiger partial charge in [0.15, 0.2) is 0 Å². The zero-order valence-electron chi connectivity index (χ0n) is 20.2. The lowest BCUT2D eigenvalue weighted by Crippen LogP contribution is -2.47. The second kappa shape index (κ2) is 8.35. The predicted octanol–water partition coefficient (Wildman–Crippen LogP) is 3.07. The van der Waals surface area contributed by atoms with Gasteiger partial charge in [0, 0.05) is 35.8 Å². The minimum absolute atomic E-state index is 0.0101. The number of rotatable bonds is 3. The highest BCUT2D eigenvalue weighted by Gasteiger charge is 2.50. The largest absolute Gasteiger partial charge is 0.458 e. The van der Waals surface area contributed by atoms with Crippen molar-refractivity contribution in [2.75, 3.05) is 0 Å². The molecule has 186 valence electrons. The Kier molecular flexibility index (Phi) is 5.20. The summed E-state index contributed by atoms with van der Waals surface area (Å²) in [7, 11) is 0. The van der Waals surface area contributed by atoms with Crippen LogP contribution in [0.2, 0.25) is 0 Å². The number of benzene rings is 1. The molecule has 0 radical (unpaired) electrons. The number of cyclic esters (lactones) is 1. The fourth-order valence-corrected chi connectivity index (χ4v) is 5.43. The molecule has 0 unspecified atom stereocenters. The van der Waals surface area contributed by atoms with E-state index in [0.29, 0.717) is 11.4 Å². The van der Waals surface area contributed by atoms with Crippen molar-refractivity contribution >= 4 is 22.8 Å². The first kappa shape index (κ1) is 23.1. The van der Waals surface area contributed by atoms with Crippen LogP contribution in [0.15, 0.2) is 59.7 Å². The van der Waals surface area contributed by atoms with Crippen molar-refractivity contribution in [1.82, 2.24) is 14.5 Å². The molecule has 1 N–H and O–H groups in total. The molecule has 0 bridgehead atoms. The number of aromatic nitrogens is 3. The molecule has 5 heterocycles. The molecule has 0 amide bonds. The minimum atomic E-state index is -1.95. The number of hydrogen-bond acceptors (Lipinski definition) is 8. The van der Waals surface area contributed by atoms with Crippen molar-refractivity contribution in [3.05, 3.63) is 81.9 Å². The number of carbonyl (C=O) groups excluding carboxylic acids is 2. The topological polar surface area (TPSA) is 121 Å². The average Bonchev–Trinajstić information content (AvgIpc) is 3.23. The molecule has 2 aliphatic heterocycles. The first-order chi connectivity index (χ1) is 17.8. The summed E-state index contributed by atoms with van der Waals surface area (Å²) in [4.78, 5) is 47.4. The fourth-order valence-electron chi connectivity index (χ4n) is 5.43. The molecule has 37 heavy (non-hydrogen) atoms. The molecule has 6 rings (SSSR count). The van der Waals surface area contributed by atoms with Gasteiger partial charge in [-0.2, -0.15) is 0 Å². The molecule has 0 saturated carbocycles. The van der Waals surface area contributed by atoms with Crippen LogP contribution in [0, 0.1) is 0 Å². The molecule has 0 aliphatic carbocycles. The average molecular weight is 498 g/mol. The van der Waals surface area contributed by atoms with Crippen LogP contribution in [0.1, 0.15) is 37.0 Å². The maximum Gasteiger partial charge on any atom is 0.351 e. The van der Waals surface area contributed by atoms with E-state index in [0.717, 1.165) is 34.5 Å². The second-order valence-electron chi connectivity index (χ2n) is 9.26. The fraction of sp³-hybridized carbons (Fsp3) is 0.250. The van der Waals surface area contributed by atoms with Gasteiger partial charge in [-0.15, -0.1) is 0 Å². The van der Waals surface area contributed by atoms with Crippen LogP contribution < -0.4 is 5.56 Å². The summed E-state index contributed by atoms with van der Waals surface area (Å²) in [5.41, 5.74) is 2.68. The summed E-state index contributed by atoms with van der Waals surface area (Å²) in [6, 6.07) is 13.3. The third-order valence-electron chi connectivity index (χ3n) is 7.22. The van der Waals surface area contributed by atoms with Gasteiger partial charge in [-0.05, 0) is 41.8 Å². The van der Waals surface area contributed by atoms with Crippen LogP contribution in [-0.2, 0) is 37.8 Å². The smallest absolute Gasteiger partial charge is 0.351 e. The Morgan fingerprint density at radius 1 is 1.19 bits per heavy atom. The van der Waals surface area contributed by atoms with Crippen LogP contribution in [0.3, 0.4) is 0 Å². The Morgan fingerprint density at radius 2 is 1.95 bits per heavy atom.